The molecule has 2 N–H and O–H groups in total. The van der Waals surface area contributed by atoms with Crippen LogP contribution in [0.25, 0.3) is 16.6 Å². The van der Waals surface area contributed by atoms with Crippen LogP contribution in [0.4, 0.5) is 5.69 Å². The first-order valence-electron chi connectivity index (χ1n) is 8.92. The van der Waals surface area contributed by atoms with Crippen LogP contribution in [0.5, 0.6) is 0 Å². The van der Waals surface area contributed by atoms with Crippen molar-refractivity contribution in [3.05, 3.63) is 77.4 Å². The van der Waals surface area contributed by atoms with Crippen LogP contribution in [0.1, 0.15) is 18.7 Å². The summed E-state index contributed by atoms with van der Waals surface area (Å²) in [5, 5.41) is 7.57. The van der Waals surface area contributed by atoms with E-state index in [1.807, 2.05) is 36.4 Å². The number of rotatable bonds is 6. The highest BCUT2D eigenvalue weighted by molar-refractivity contribution is 5.92. The van der Waals surface area contributed by atoms with Gasteiger partial charge in [-0.2, -0.15) is 5.10 Å². The quantitative estimate of drug-likeness (QED) is 0.539. The number of aryl methyl sites for hydroxylation is 1. The number of nitrogens with one attached hydrogen (secondary N) is 2. The minimum Gasteiger partial charge on any atom is -0.324 e. The SMILES string of the molecule is O=C(CCCc1nc2ccccc2c(=O)[nH]1)Nc1ccccc1-n1cncn1. The van der Waals surface area contributed by atoms with Gasteiger partial charge in [0, 0.05) is 12.8 Å². The Balaban J connectivity index is 1.39. The number of carbonyl (C=O) groups is 1. The summed E-state index contributed by atoms with van der Waals surface area (Å²) in [6, 6.07) is 14.6. The van der Waals surface area contributed by atoms with E-state index < -0.39 is 0 Å². The van der Waals surface area contributed by atoms with E-state index in [4.69, 9.17) is 0 Å². The van der Waals surface area contributed by atoms with E-state index >= 15 is 0 Å². The molecule has 2 aromatic carbocycles. The van der Waals surface area contributed by atoms with E-state index in [9.17, 15) is 9.59 Å². The van der Waals surface area contributed by atoms with E-state index in [0.29, 0.717) is 41.7 Å². The normalized spacial score (nSPS) is 10.9. The largest absolute Gasteiger partial charge is 0.324 e. The second kappa shape index (κ2) is 7.83. The first kappa shape index (κ1) is 17.6. The van der Waals surface area contributed by atoms with Gasteiger partial charge in [-0.1, -0.05) is 24.3 Å². The molecule has 28 heavy (non-hydrogen) atoms. The number of benzene rings is 2. The van der Waals surface area contributed by atoms with Crippen LogP contribution in [0.3, 0.4) is 0 Å². The maximum atomic E-state index is 12.4. The molecule has 0 saturated heterocycles. The topological polar surface area (TPSA) is 106 Å². The summed E-state index contributed by atoms with van der Waals surface area (Å²) < 4.78 is 1.60. The Labute approximate surface area is 160 Å². The molecule has 2 heterocycles. The molecular weight excluding hydrogens is 356 g/mol. The van der Waals surface area contributed by atoms with Gasteiger partial charge in [-0.05, 0) is 30.7 Å². The van der Waals surface area contributed by atoms with Crippen molar-refractivity contribution in [2.24, 2.45) is 0 Å². The van der Waals surface area contributed by atoms with Crippen LogP contribution in [-0.2, 0) is 11.2 Å². The Morgan fingerprint density at radius 1 is 1.11 bits per heavy atom. The Hall–Kier alpha value is -3.81. The molecule has 4 rings (SSSR count). The molecule has 0 fully saturated rings. The van der Waals surface area contributed by atoms with Gasteiger partial charge >= 0.3 is 0 Å². The van der Waals surface area contributed by atoms with Gasteiger partial charge in [0.1, 0.15) is 18.5 Å². The lowest BCUT2D eigenvalue weighted by atomic mass is 10.2. The fourth-order valence-corrected chi connectivity index (χ4v) is 2.99. The molecule has 0 aliphatic heterocycles. The Morgan fingerprint density at radius 2 is 1.93 bits per heavy atom. The van der Waals surface area contributed by atoms with Crippen LogP contribution in [0, 0.1) is 0 Å². The van der Waals surface area contributed by atoms with Gasteiger partial charge in [0.15, 0.2) is 0 Å². The Kier molecular flexibility index (Phi) is 4.92. The lowest BCUT2D eigenvalue weighted by Gasteiger charge is -2.10. The number of nitrogens with zero attached hydrogens (tertiary/aromatic N) is 4. The Bertz CT molecular complexity index is 1170. The fraction of sp³-hybridized carbons (Fsp3) is 0.150. The second-order valence-electron chi connectivity index (χ2n) is 6.29. The zero-order valence-corrected chi connectivity index (χ0v) is 15.0. The van der Waals surface area contributed by atoms with Crippen molar-refractivity contribution in [2.75, 3.05) is 5.32 Å². The van der Waals surface area contributed by atoms with Crippen LogP contribution in [0.15, 0.2) is 66.0 Å². The van der Waals surface area contributed by atoms with E-state index in [1.54, 1.807) is 23.1 Å². The van der Waals surface area contributed by atoms with Crippen molar-refractivity contribution in [2.45, 2.75) is 19.3 Å². The van der Waals surface area contributed by atoms with Crippen LogP contribution < -0.4 is 10.9 Å². The highest BCUT2D eigenvalue weighted by Crippen LogP contribution is 2.19. The second-order valence-corrected chi connectivity index (χ2v) is 6.29. The van der Waals surface area contributed by atoms with Gasteiger partial charge in [0.2, 0.25) is 5.91 Å². The summed E-state index contributed by atoms with van der Waals surface area (Å²) in [7, 11) is 0. The summed E-state index contributed by atoms with van der Waals surface area (Å²) in [5.41, 5.74) is 1.91. The predicted molar refractivity (Wildman–Crippen MR) is 105 cm³/mol. The summed E-state index contributed by atoms with van der Waals surface area (Å²) in [6.45, 7) is 0. The molecule has 4 aromatic rings. The molecular formula is C20H18N6O2. The maximum Gasteiger partial charge on any atom is 0.258 e. The standard InChI is InChI=1S/C20H18N6O2/c27-19(24-16-8-3-4-9-17(16)26-13-21-12-22-26)11-5-10-18-23-15-7-2-1-6-14(15)20(28)25-18/h1-4,6-9,12-13H,5,10-11H2,(H,24,27)(H,23,25,28). The first-order valence-corrected chi connectivity index (χ1v) is 8.92. The molecule has 2 aromatic heterocycles. The van der Waals surface area contributed by atoms with Crippen molar-refractivity contribution in [3.8, 4) is 5.69 Å². The number of hydrogen-bond acceptors (Lipinski definition) is 5. The molecule has 0 atom stereocenters. The van der Waals surface area contributed by atoms with Gasteiger partial charge in [0.25, 0.3) is 5.56 Å². The number of carbonyl (C=O) groups excluding carboxylic acids is 1. The minimum atomic E-state index is -0.160. The number of aromatic nitrogens is 5. The zero-order chi connectivity index (χ0) is 19.3. The maximum absolute atomic E-state index is 12.4. The van der Waals surface area contributed by atoms with E-state index in [2.05, 4.69) is 25.4 Å². The molecule has 0 spiro atoms. The number of amides is 1. The lowest BCUT2D eigenvalue weighted by Crippen LogP contribution is -2.15. The third-order valence-electron chi connectivity index (χ3n) is 4.32. The summed E-state index contributed by atoms with van der Waals surface area (Å²) in [4.78, 5) is 35.6. The first-order chi connectivity index (χ1) is 13.7. The molecule has 0 aliphatic carbocycles. The van der Waals surface area contributed by atoms with Gasteiger partial charge in [-0.15, -0.1) is 0 Å². The van der Waals surface area contributed by atoms with Crippen molar-refractivity contribution < 1.29 is 4.79 Å². The summed E-state index contributed by atoms with van der Waals surface area (Å²) in [6.07, 6.45) is 4.40. The van der Waals surface area contributed by atoms with Crippen LogP contribution in [-0.4, -0.2) is 30.6 Å². The molecule has 140 valence electrons. The molecule has 0 saturated carbocycles. The average molecular weight is 374 g/mol. The Morgan fingerprint density at radius 3 is 2.79 bits per heavy atom. The molecule has 1 amide bonds. The number of fused-ring (bicyclic) bond motifs is 1. The van der Waals surface area contributed by atoms with Crippen molar-refractivity contribution >= 4 is 22.5 Å². The number of aromatic amines is 1. The molecule has 0 aliphatic rings. The highest BCUT2D eigenvalue weighted by atomic mass is 16.1. The van der Waals surface area contributed by atoms with Gasteiger partial charge in [0.05, 0.1) is 22.3 Å². The third kappa shape index (κ3) is 3.80. The van der Waals surface area contributed by atoms with E-state index in [-0.39, 0.29) is 11.5 Å². The number of H-pyrrole nitrogens is 1. The van der Waals surface area contributed by atoms with Crippen molar-refractivity contribution in [3.63, 3.8) is 0 Å². The van der Waals surface area contributed by atoms with E-state index in [1.165, 1.54) is 6.33 Å². The monoisotopic (exact) mass is 374 g/mol. The number of anilines is 1. The lowest BCUT2D eigenvalue weighted by molar-refractivity contribution is -0.116. The molecule has 0 unspecified atom stereocenters. The van der Waals surface area contributed by atoms with E-state index in [0.717, 1.165) is 5.69 Å². The van der Waals surface area contributed by atoms with Crippen molar-refractivity contribution in [1.29, 1.82) is 0 Å². The fourth-order valence-electron chi connectivity index (χ4n) is 2.99. The summed E-state index contributed by atoms with van der Waals surface area (Å²) in [5.74, 6) is 0.468. The number of para-hydroxylation sites is 3. The minimum absolute atomic E-state index is 0.115. The zero-order valence-electron chi connectivity index (χ0n) is 15.0. The van der Waals surface area contributed by atoms with Gasteiger partial charge < -0.3 is 10.3 Å². The molecule has 8 nitrogen and oxygen atoms in total. The smallest absolute Gasteiger partial charge is 0.258 e. The van der Waals surface area contributed by atoms with Crippen LogP contribution in [0.2, 0.25) is 0 Å². The molecule has 0 bridgehead atoms. The van der Waals surface area contributed by atoms with Gasteiger partial charge in [-0.3, -0.25) is 9.59 Å². The molecule has 0 radical (unpaired) electrons. The van der Waals surface area contributed by atoms with Crippen molar-refractivity contribution in [1.82, 2.24) is 24.7 Å². The average Bonchev–Trinajstić information content (AvgIpc) is 3.23. The predicted octanol–water partition coefficient (Wildman–Crippen LogP) is 2.47. The highest BCUT2D eigenvalue weighted by Gasteiger charge is 2.09. The van der Waals surface area contributed by atoms with Gasteiger partial charge in [-0.25, -0.2) is 14.6 Å². The molecule has 8 heteroatoms. The summed E-state index contributed by atoms with van der Waals surface area (Å²) >= 11 is 0. The van der Waals surface area contributed by atoms with Crippen LogP contribution >= 0.6 is 0 Å². The number of hydrogen-bond donors (Lipinski definition) is 2. The third-order valence-corrected chi connectivity index (χ3v) is 4.32.